The molecule has 0 fully saturated rings. The van der Waals surface area contributed by atoms with E-state index in [9.17, 15) is 0 Å². The Kier molecular flexibility index (Phi) is 3.50. The van der Waals surface area contributed by atoms with Crippen molar-refractivity contribution < 1.29 is 0 Å². The van der Waals surface area contributed by atoms with E-state index in [4.69, 9.17) is 0 Å². The second kappa shape index (κ2) is 4.65. The lowest BCUT2D eigenvalue weighted by Gasteiger charge is -1.96. The molecule has 1 rings (SSSR count). The molecule has 2 nitrogen and oxygen atoms in total. The van der Waals surface area contributed by atoms with E-state index in [1.54, 1.807) is 6.33 Å². The van der Waals surface area contributed by atoms with Crippen molar-refractivity contribution in [2.45, 2.75) is 26.7 Å². The zero-order valence-electron chi connectivity index (χ0n) is 8.30. The first-order valence-electron chi connectivity index (χ1n) is 4.67. The van der Waals surface area contributed by atoms with Crippen molar-refractivity contribution in [2.24, 2.45) is 0 Å². The van der Waals surface area contributed by atoms with Crippen LogP contribution in [0, 0.1) is 0 Å². The molecule has 1 heterocycles. The average Bonchev–Trinajstić information content (AvgIpc) is 2.61. The third kappa shape index (κ3) is 2.31. The number of hydrogen-bond donors (Lipinski definition) is 1. The van der Waals surface area contributed by atoms with Crippen LogP contribution >= 0.6 is 0 Å². The first-order chi connectivity index (χ1) is 6.31. The van der Waals surface area contributed by atoms with Crippen LogP contribution < -0.4 is 0 Å². The molecule has 0 amide bonds. The number of H-pyrrole nitrogens is 1. The number of nitrogens with one attached hydrogen (secondary N) is 1. The van der Waals surface area contributed by atoms with Crippen LogP contribution in [0.3, 0.4) is 0 Å². The fraction of sp³-hybridized carbons (Fsp3) is 0.364. The molecule has 1 aromatic rings. The van der Waals surface area contributed by atoms with Crippen molar-refractivity contribution >= 4 is 6.08 Å². The van der Waals surface area contributed by atoms with Crippen LogP contribution in [-0.2, 0) is 6.42 Å². The minimum Gasteiger partial charge on any atom is -0.348 e. The van der Waals surface area contributed by atoms with E-state index in [-0.39, 0.29) is 0 Å². The number of aromatic nitrogens is 2. The van der Waals surface area contributed by atoms with Crippen LogP contribution in [0.1, 0.15) is 31.7 Å². The highest BCUT2D eigenvalue weighted by atomic mass is 14.9. The second-order valence-electron chi connectivity index (χ2n) is 2.90. The van der Waals surface area contributed by atoms with Gasteiger partial charge in [0.25, 0.3) is 0 Å². The summed E-state index contributed by atoms with van der Waals surface area (Å²) in [6, 6.07) is 0. The molecule has 0 saturated carbocycles. The van der Waals surface area contributed by atoms with Gasteiger partial charge in [-0.2, -0.15) is 0 Å². The fourth-order valence-corrected chi connectivity index (χ4v) is 1.22. The quantitative estimate of drug-likeness (QED) is 0.702. The van der Waals surface area contributed by atoms with Gasteiger partial charge in [-0.3, -0.25) is 0 Å². The van der Waals surface area contributed by atoms with E-state index in [0.29, 0.717) is 0 Å². The summed E-state index contributed by atoms with van der Waals surface area (Å²) >= 11 is 0. The molecule has 1 N–H and O–H groups in total. The smallest absolute Gasteiger partial charge is 0.0929 e. The van der Waals surface area contributed by atoms with Gasteiger partial charge >= 0.3 is 0 Å². The number of imidazole rings is 1. The summed E-state index contributed by atoms with van der Waals surface area (Å²) in [7, 11) is 0. The van der Waals surface area contributed by atoms with Crippen LogP contribution in [0.2, 0.25) is 0 Å². The Bertz CT molecular complexity index is 308. The van der Waals surface area contributed by atoms with Crippen LogP contribution in [0.25, 0.3) is 6.08 Å². The van der Waals surface area contributed by atoms with E-state index in [1.165, 1.54) is 11.3 Å². The van der Waals surface area contributed by atoms with E-state index >= 15 is 0 Å². The lowest BCUT2D eigenvalue weighted by molar-refractivity contribution is 1.06. The highest BCUT2D eigenvalue weighted by Gasteiger charge is 1.99. The van der Waals surface area contributed by atoms with Crippen molar-refractivity contribution in [3.05, 3.63) is 35.9 Å². The van der Waals surface area contributed by atoms with Crippen LogP contribution in [-0.4, -0.2) is 9.97 Å². The topological polar surface area (TPSA) is 28.7 Å². The molecule has 0 aliphatic heterocycles. The third-order valence-electron chi connectivity index (χ3n) is 2.10. The Hall–Kier alpha value is -1.31. The van der Waals surface area contributed by atoms with E-state index in [1.807, 2.05) is 6.08 Å². The van der Waals surface area contributed by atoms with Gasteiger partial charge in [0.2, 0.25) is 0 Å². The molecule has 0 aromatic carbocycles. The maximum atomic E-state index is 4.24. The molecule has 1 aromatic heterocycles. The van der Waals surface area contributed by atoms with Crippen molar-refractivity contribution in [2.75, 3.05) is 0 Å². The Balaban J connectivity index is 2.94. The van der Waals surface area contributed by atoms with Gasteiger partial charge in [0.1, 0.15) is 0 Å². The van der Waals surface area contributed by atoms with Crippen molar-refractivity contribution in [1.82, 2.24) is 9.97 Å². The number of aromatic amines is 1. The summed E-state index contributed by atoms with van der Waals surface area (Å²) in [6.07, 6.45) is 7.69. The van der Waals surface area contributed by atoms with E-state index in [0.717, 1.165) is 18.5 Å². The molecule has 0 bridgehead atoms. The minimum absolute atomic E-state index is 0.986. The zero-order valence-corrected chi connectivity index (χ0v) is 8.30. The summed E-state index contributed by atoms with van der Waals surface area (Å²) in [6.45, 7) is 7.99. The van der Waals surface area contributed by atoms with Gasteiger partial charge in [0.15, 0.2) is 0 Å². The Morgan fingerprint density at radius 3 is 2.92 bits per heavy atom. The number of hydrogen-bond acceptors (Lipinski definition) is 1. The van der Waals surface area contributed by atoms with E-state index < -0.39 is 0 Å². The van der Waals surface area contributed by atoms with Crippen LogP contribution in [0.15, 0.2) is 24.6 Å². The van der Waals surface area contributed by atoms with Gasteiger partial charge in [-0.15, -0.1) is 0 Å². The maximum absolute atomic E-state index is 4.24. The Morgan fingerprint density at radius 2 is 2.38 bits per heavy atom. The van der Waals surface area contributed by atoms with Gasteiger partial charge < -0.3 is 4.98 Å². The molecular weight excluding hydrogens is 160 g/mol. The lowest BCUT2D eigenvalue weighted by atomic mass is 10.1. The van der Waals surface area contributed by atoms with Crippen molar-refractivity contribution in [1.29, 1.82) is 0 Å². The summed E-state index contributed by atoms with van der Waals surface area (Å²) in [5.41, 5.74) is 3.45. The zero-order chi connectivity index (χ0) is 9.68. The molecule has 13 heavy (non-hydrogen) atoms. The van der Waals surface area contributed by atoms with Gasteiger partial charge in [-0.1, -0.05) is 26.5 Å². The normalized spacial score (nSPS) is 11.7. The van der Waals surface area contributed by atoms with Crippen molar-refractivity contribution in [3.8, 4) is 0 Å². The first-order valence-corrected chi connectivity index (χ1v) is 4.67. The molecule has 0 saturated heterocycles. The number of nitrogens with zero attached hydrogens (tertiary/aromatic N) is 1. The molecule has 0 atom stereocenters. The molecule has 0 radical (unpaired) electrons. The second-order valence-corrected chi connectivity index (χ2v) is 2.90. The summed E-state index contributed by atoms with van der Waals surface area (Å²) in [4.78, 5) is 7.36. The van der Waals surface area contributed by atoms with E-state index in [2.05, 4.69) is 36.5 Å². The largest absolute Gasteiger partial charge is 0.348 e. The molecule has 0 unspecified atom stereocenters. The fourth-order valence-electron chi connectivity index (χ4n) is 1.22. The molecule has 0 spiro atoms. The molecule has 0 aliphatic carbocycles. The third-order valence-corrected chi connectivity index (χ3v) is 2.10. The molecule has 0 aliphatic rings. The minimum atomic E-state index is 0.986. The maximum Gasteiger partial charge on any atom is 0.0929 e. The highest BCUT2D eigenvalue weighted by molar-refractivity contribution is 5.54. The molecule has 70 valence electrons. The Labute approximate surface area is 79.4 Å². The molecular formula is C11H16N2. The number of allylic oxidation sites excluding steroid dienone is 2. The van der Waals surface area contributed by atoms with Gasteiger partial charge in [0.05, 0.1) is 12.0 Å². The summed E-state index contributed by atoms with van der Waals surface area (Å²) in [5.74, 6) is 0. The first kappa shape index (κ1) is 9.78. The predicted octanol–water partition coefficient (Wildman–Crippen LogP) is 2.95. The molecule has 2 heteroatoms. The SMILES string of the molecule is C=C/C(=C\c1nc[nH]c1CC)CC. The predicted molar refractivity (Wildman–Crippen MR) is 56.4 cm³/mol. The van der Waals surface area contributed by atoms with Crippen LogP contribution in [0.5, 0.6) is 0 Å². The Morgan fingerprint density at radius 1 is 1.62 bits per heavy atom. The van der Waals surface area contributed by atoms with Gasteiger partial charge in [0, 0.05) is 5.69 Å². The van der Waals surface area contributed by atoms with Crippen LogP contribution in [0.4, 0.5) is 0 Å². The van der Waals surface area contributed by atoms with Gasteiger partial charge in [-0.25, -0.2) is 4.98 Å². The summed E-state index contributed by atoms with van der Waals surface area (Å²) in [5, 5.41) is 0. The average molecular weight is 176 g/mol. The van der Waals surface area contributed by atoms with Gasteiger partial charge in [-0.05, 0) is 24.5 Å². The highest BCUT2D eigenvalue weighted by Crippen LogP contribution is 2.11. The van der Waals surface area contributed by atoms with Crippen molar-refractivity contribution in [3.63, 3.8) is 0 Å². The number of aryl methyl sites for hydroxylation is 1. The monoisotopic (exact) mass is 176 g/mol. The number of rotatable bonds is 4. The summed E-state index contributed by atoms with van der Waals surface area (Å²) < 4.78 is 0. The lowest BCUT2D eigenvalue weighted by Crippen LogP contribution is -1.85. The standard InChI is InChI=1S/C11H16N2/c1-4-9(5-2)7-11-10(6-3)12-8-13-11/h4,7-8H,1,5-6H2,2-3H3,(H,12,13)/b9-7+.